The molecule has 6 nitrogen and oxygen atoms in total. The van der Waals surface area contributed by atoms with Crippen LogP contribution in [-0.4, -0.2) is 54.2 Å². The summed E-state index contributed by atoms with van der Waals surface area (Å²) in [4.78, 5) is 32.5. The Kier molecular flexibility index (Phi) is 5.14. The van der Waals surface area contributed by atoms with E-state index in [1.807, 2.05) is 0 Å². The van der Waals surface area contributed by atoms with E-state index in [2.05, 4.69) is 36.9 Å². The fraction of sp³-hybridized carbons (Fsp3) is 0.786. The van der Waals surface area contributed by atoms with Crippen LogP contribution in [0.3, 0.4) is 0 Å². The molecule has 0 radical (unpaired) electrons. The molecule has 2 saturated carbocycles. The fourth-order valence-electron chi connectivity index (χ4n) is 9.35. The molecule has 6 rings (SSSR count). The second-order valence-electron chi connectivity index (χ2n) is 12.4. The molecule has 0 aromatic heterocycles. The van der Waals surface area contributed by atoms with E-state index in [4.69, 9.17) is 9.57 Å². The van der Waals surface area contributed by atoms with Crippen LogP contribution in [-0.2, 0) is 19.2 Å². The molecule has 1 amide bonds. The van der Waals surface area contributed by atoms with Gasteiger partial charge >= 0.3 is 5.97 Å². The van der Waals surface area contributed by atoms with Crippen molar-refractivity contribution in [2.45, 2.75) is 84.8 Å². The molecule has 1 saturated heterocycles. The molecule has 2 heterocycles. The lowest BCUT2D eigenvalue weighted by Crippen LogP contribution is -2.52. The highest BCUT2D eigenvalue weighted by atomic mass is 16.7. The number of ether oxygens (including phenoxy) is 1. The van der Waals surface area contributed by atoms with E-state index in [0.717, 1.165) is 45.1 Å². The smallest absolute Gasteiger partial charge is 0.302 e. The number of hydrogen-bond acceptors (Lipinski definition) is 5. The van der Waals surface area contributed by atoms with E-state index in [9.17, 15) is 9.59 Å². The molecule has 4 aliphatic carbocycles. The van der Waals surface area contributed by atoms with Crippen LogP contribution in [0.25, 0.3) is 0 Å². The van der Waals surface area contributed by atoms with Crippen molar-refractivity contribution in [1.29, 1.82) is 0 Å². The van der Waals surface area contributed by atoms with Gasteiger partial charge in [-0.2, -0.15) is 5.06 Å². The summed E-state index contributed by atoms with van der Waals surface area (Å²) in [6.07, 6.45) is 10.1. The first kappa shape index (κ1) is 22.8. The van der Waals surface area contributed by atoms with Crippen molar-refractivity contribution in [2.75, 3.05) is 20.2 Å². The topological polar surface area (TPSA) is 59.1 Å². The average Bonchev–Trinajstić information content (AvgIpc) is 3.30. The van der Waals surface area contributed by atoms with Crippen molar-refractivity contribution in [3.63, 3.8) is 0 Å². The van der Waals surface area contributed by atoms with Crippen LogP contribution in [0.4, 0.5) is 0 Å². The molecular weight excluding hydrogens is 428 g/mol. The lowest BCUT2D eigenvalue weighted by molar-refractivity contribution is -0.148. The van der Waals surface area contributed by atoms with Crippen molar-refractivity contribution in [3.8, 4) is 0 Å². The summed E-state index contributed by atoms with van der Waals surface area (Å²) in [5.74, 6) is 2.29. The minimum atomic E-state index is -0.159. The van der Waals surface area contributed by atoms with Gasteiger partial charge in [0.15, 0.2) is 0 Å². The first-order valence-corrected chi connectivity index (χ1v) is 13.4. The Labute approximate surface area is 203 Å². The summed E-state index contributed by atoms with van der Waals surface area (Å²) in [7, 11) is 2.07. The summed E-state index contributed by atoms with van der Waals surface area (Å²) < 4.78 is 5.61. The third-order valence-electron chi connectivity index (χ3n) is 10.8. The standard InChI is InChI=1S/C28H40N2O4/c1-16(31)30-14-18-15-33-29(5)25(18)22-13-24-21-7-6-19-12-20(34-17(2)32)8-10-27(19,3)23(21)9-11-28(24,4)26(22)30/h6,18,20-21,23-25H,7-15H2,1-5H3/t18-,20+,21-,23+,24+,25+,27+,28+/m1/s1. The number of nitrogens with zero attached hydrogens (tertiary/aromatic N) is 2. The number of allylic oxidation sites excluding steroid dienone is 2. The normalized spacial score (nSPS) is 45.6. The van der Waals surface area contributed by atoms with Gasteiger partial charge in [0.2, 0.25) is 5.91 Å². The molecule has 6 aliphatic rings. The zero-order valence-corrected chi connectivity index (χ0v) is 21.4. The number of likely N-dealkylation sites (N-methyl/N-ethyl adjacent to an activating group) is 1. The summed E-state index contributed by atoms with van der Waals surface area (Å²) in [5.41, 5.74) is 4.63. The summed E-state index contributed by atoms with van der Waals surface area (Å²) in [6, 6.07) is 0.316. The summed E-state index contributed by atoms with van der Waals surface area (Å²) >= 11 is 0. The minimum Gasteiger partial charge on any atom is -0.462 e. The third-order valence-corrected chi connectivity index (χ3v) is 10.8. The molecule has 0 unspecified atom stereocenters. The van der Waals surface area contributed by atoms with Crippen LogP contribution < -0.4 is 0 Å². The fourth-order valence-corrected chi connectivity index (χ4v) is 9.35. The zero-order valence-electron chi connectivity index (χ0n) is 21.4. The van der Waals surface area contributed by atoms with Gasteiger partial charge in [-0.15, -0.1) is 0 Å². The Morgan fingerprint density at radius 1 is 1.09 bits per heavy atom. The third kappa shape index (κ3) is 3.06. The van der Waals surface area contributed by atoms with Crippen LogP contribution in [0.5, 0.6) is 0 Å². The molecule has 8 atom stereocenters. The van der Waals surface area contributed by atoms with Crippen molar-refractivity contribution in [3.05, 3.63) is 22.9 Å². The van der Waals surface area contributed by atoms with Gasteiger partial charge in [-0.05, 0) is 67.3 Å². The number of esters is 1. The average molecular weight is 469 g/mol. The van der Waals surface area contributed by atoms with Gasteiger partial charge in [0.05, 0.1) is 12.6 Å². The molecule has 3 fully saturated rings. The van der Waals surface area contributed by atoms with Gasteiger partial charge in [0.25, 0.3) is 0 Å². The van der Waals surface area contributed by atoms with Crippen molar-refractivity contribution in [2.24, 2.45) is 34.5 Å². The molecule has 0 bridgehead atoms. The molecule has 186 valence electrons. The Hall–Kier alpha value is -1.66. The molecule has 2 aliphatic heterocycles. The van der Waals surface area contributed by atoms with E-state index >= 15 is 0 Å². The molecule has 0 spiro atoms. The maximum atomic E-state index is 12.8. The number of hydroxylamine groups is 2. The largest absolute Gasteiger partial charge is 0.462 e. The van der Waals surface area contributed by atoms with Crippen LogP contribution in [0.15, 0.2) is 22.9 Å². The highest BCUT2D eigenvalue weighted by Crippen LogP contribution is 2.67. The van der Waals surface area contributed by atoms with Crippen LogP contribution >= 0.6 is 0 Å². The molecule has 34 heavy (non-hydrogen) atoms. The molecule has 0 aromatic rings. The highest BCUT2D eigenvalue weighted by molar-refractivity contribution is 5.76. The zero-order chi connectivity index (χ0) is 24.0. The summed E-state index contributed by atoms with van der Waals surface area (Å²) in [6.45, 7) is 9.72. The molecule has 0 N–H and O–H groups in total. The quantitative estimate of drug-likeness (QED) is 0.420. The molecule has 6 heteroatoms. The SMILES string of the molecule is CC(=O)O[C@H]1CC[C@@]2(C)C(=CC[C@@H]3[C@@H]2CC[C@]2(C)C4=C(C[C@@H]32)[C@@H]2[C@@H](CON2C)CN4C(C)=O)C1. The van der Waals surface area contributed by atoms with Gasteiger partial charge in [-0.1, -0.05) is 25.5 Å². The Morgan fingerprint density at radius 3 is 2.59 bits per heavy atom. The van der Waals surface area contributed by atoms with Crippen LogP contribution in [0.1, 0.15) is 72.6 Å². The lowest BCUT2D eigenvalue weighted by Gasteiger charge is -2.58. The number of amides is 1. The Balaban J connectivity index is 1.33. The second kappa shape index (κ2) is 7.67. The second-order valence-corrected chi connectivity index (χ2v) is 12.4. The number of carbonyl (C=O) groups is 2. The van der Waals surface area contributed by atoms with Gasteiger partial charge in [0.1, 0.15) is 6.10 Å². The summed E-state index contributed by atoms with van der Waals surface area (Å²) in [5, 5.41) is 2.08. The van der Waals surface area contributed by atoms with Gasteiger partial charge in [0, 0.05) is 50.9 Å². The maximum absolute atomic E-state index is 12.8. The Bertz CT molecular complexity index is 987. The van der Waals surface area contributed by atoms with Gasteiger partial charge in [-0.3, -0.25) is 14.4 Å². The maximum Gasteiger partial charge on any atom is 0.302 e. The van der Waals surface area contributed by atoms with E-state index in [0.29, 0.717) is 36.3 Å². The van der Waals surface area contributed by atoms with Crippen molar-refractivity contribution in [1.82, 2.24) is 9.96 Å². The van der Waals surface area contributed by atoms with Crippen LogP contribution in [0.2, 0.25) is 0 Å². The van der Waals surface area contributed by atoms with E-state index < -0.39 is 0 Å². The van der Waals surface area contributed by atoms with E-state index in [1.54, 1.807) is 6.92 Å². The first-order valence-electron chi connectivity index (χ1n) is 13.4. The number of hydrogen-bond donors (Lipinski definition) is 0. The molecule has 0 aromatic carbocycles. The van der Waals surface area contributed by atoms with E-state index in [-0.39, 0.29) is 28.8 Å². The van der Waals surface area contributed by atoms with Gasteiger partial charge < -0.3 is 9.64 Å². The first-order chi connectivity index (χ1) is 16.1. The van der Waals surface area contributed by atoms with Crippen molar-refractivity contribution >= 4 is 11.9 Å². The van der Waals surface area contributed by atoms with Gasteiger partial charge in [-0.25, -0.2) is 0 Å². The highest BCUT2D eigenvalue weighted by Gasteiger charge is 2.62. The Morgan fingerprint density at radius 2 is 1.85 bits per heavy atom. The number of rotatable bonds is 1. The number of fused-ring (bicyclic) bond motifs is 8. The lowest BCUT2D eigenvalue weighted by atomic mass is 9.47. The number of carbonyl (C=O) groups excluding carboxylic acids is 2. The monoisotopic (exact) mass is 468 g/mol. The van der Waals surface area contributed by atoms with Crippen LogP contribution in [0, 0.1) is 34.5 Å². The predicted octanol–water partition coefficient (Wildman–Crippen LogP) is 4.47. The predicted molar refractivity (Wildman–Crippen MR) is 128 cm³/mol. The minimum absolute atomic E-state index is 0.0432. The van der Waals surface area contributed by atoms with E-state index in [1.165, 1.54) is 30.2 Å². The van der Waals surface area contributed by atoms with Crippen molar-refractivity contribution < 1.29 is 19.2 Å². The molecular formula is C28H40N2O4.